The minimum atomic E-state index is -0.0109. The second kappa shape index (κ2) is 7.29. The van der Waals surface area contributed by atoms with E-state index in [1.807, 2.05) is 24.3 Å². The highest BCUT2D eigenvalue weighted by Gasteiger charge is 2.18. The van der Waals surface area contributed by atoms with Crippen LogP contribution in [0.4, 0.5) is 0 Å². The van der Waals surface area contributed by atoms with Gasteiger partial charge in [0.25, 0.3) is 5.91 Å². The monoisotopic (exact) mass is 375 g/mol. The topological polar surface area (TPSA) is 29.1 Å². The van der Waals surface area contributed by atoms with E-state index in [0.717, 1.165) is 22.6 Å². The van der Waals surface area contributed by atoms with E-state index in [0.29, 0.717) is 12.1 Å². The van der Waals surface area contributed by atoms with E-state index in [4.69, 9.17) is 0 Å². The number of benzene rings is 1. The summed E-state index contributed by atoms with van der Waals surface area (Å²) < 4.78 is 0.925. The Morgan fingerprint density at radius 1 is 1.39 bits per heavy atom. The lowest BCUT2D eigenvalue weighted by molar-refractivity contribution is 0.0934. The van der Waals surface area contributed by atoms with Crippen LogP contribution in [0.5, 0.6) is 0 Å². The van der Waals surface area contributed by atoms with Gasteiger partial charge in [-0.15, -0.1) is 0 Å². The fourth-order valence-electron chi connectivity index (χ4n) is 1.69. The molecule has 0 aliphatic heterocycles. The maximum absolute atomic E-state index is 12.0. The third-order valence-electron chi connectivity index (χ3n) is 2.80. The van der Waals surface area contributed by atoms with E-state index < -0.39 is 0 Å². The zero-order valence-electron chi connectivity index (χ0n) is 10.8. The molecule has 0 aromatic heterocycles. The molecule has 0 aliphatic carbocycles. The number of amides is 1. The molecule has 0 radical (unpaired) electrons. The van der Waals surface area contributed by atoms with Crippen LogP contribution in [0.15, 0.2) is 28.7 Å². The van der Waals surface area contributed by atoms with Crippen LogP contribution >= 0.6 is 31.9 Å². The average molecular weight is 377 g/mol. The average Bonchev–Trinajstić information content (AvgIpc) is 2.34. The predicted octanol–water partition coefficient (Wildman–Crippen LogP) is 4.38. The van der Waals surface area contributed by atoms with E-state index in [2.05, 4.69) is 51.0 Å². The van der Waals surface area contributed by atoms with Gasteiger partial charge in [-0.05, 0) is 36.5 Å². The lowest BCUT2D eigenvalue weighted by Gasteiger charge is -2.24. The third kappa shape index (κ3) is 5.53. The van der Waals surface area contributed by atoms with Gasteiger partial charge < -0.3 is 5.32 Å². The minimum absolute atomic E-state index is 0.0109. The molecular formula is C14H19Br2NO. The maximum Gasteiger partial charge on any atom is 0.251 e. The fourth-order valence-corrected chi connectivity index (χ4v) is 2.36. The molecule has 1 rings (SSSR count). The lowest BCUT2D eigenvalue weighted by atomic mass is 9.88. The van der Waals surface area contributed by atoms with Crippen molar-refractivity contribution < 1.29 is 4.79 Å². The fraction of sp³-hybridized carbons (Fsp3) is 0.500. The van der Waals surface area contributed by atoms with Crippen LogP contribution in [0, 0.1) is 5.41 Å². The van der Waals surface area contributed by atoms with Crippen molar-refractivity contribution >= 4 is 37.8 Å². The Balaban J connectivity index is 2.50. The SMILES string of the molecule is CC(C)(CCCBr)CNC(=O)c1cccc(Br)c1. The van der Waals surface area contributed by atoms with Crippen molar-refractivity contribution in [2.75, 3.05) is 11.9 Å². The summed E-state index contributed by atoms with van der Waals surface area (Å²) in [5.41, 5.74) is 0.829. The molecular weight excluding hydrogens is 358 g/mol. The van der Waals surface area contributed by atoms with E-state index >= 15 is 0 Å². The summed E-state index contributed by atoms with van der Waals surface area (Å²) in [4.78, 5) is 12.0. The summed E-state index contributed by atoms with van der Waals surface area (Å²) in [6, 6.07) is 7.44. The van der Waals surface area contributed by atoms with Gasteiger partial charge in [-0.3, -0.25) is 4.79 Å². The molecule has 0 aliphatic rings. The molecule has 2 nitrogen and oxygen atoms in total. The number of alkyl halides is 1. The quantitative estimate of drug-likeness (QED) is 0.733. The first-order valence-electron chi connectivity index (χ1n) is 6.04. The van der Waals surface area contributed by atoms with Crippen LogP contribution in [0.1, 0.15) is 37.0 Å². The van der Waals surface area contributed by atoms with Gasteiger partial charge in [0.2, 0.25) is 0 Å². The summed E-state index contributed by atoms with van der Waals surface area (Å²) in [7, 11) is 0. The number of carbonyl (C=O) groups excluding carboxylic acids is 1. The van der Waals surface area contributed by atoms with Crippen molar-refractivity contribution in [1.29, 1.82) is 0 Å². The summed E-state index contributed by atoms with van der Waals surface area (Å²) in [6.07, 6.45) is 2.22. The molecule has 0 fully saturated rings. The zero-order chi connectivity index (χ0) is 13.6. The Morgan fingerprint density at radius 2 is 2.11 bits per heavy atom. The molecule has 100 valence electrons. The van der Waals surface area contributed by atoms with Crippen molar-refractivity contribution in [3.8, 4) is 0 Å². The Morgan fingerprint density at radius 3 is 2.72 bits per heavy atom. The molecule has 1 N–H and O–H groups in total. The van der Waals surface area contributed by atoms with Gasteiger partial charge in [-0.25, -0.2) is 0 Å². The van der Waals surface area contributed by atoms with Crippen molar-refractivity contribution in [3.63, 3.8) is 0 Å². The second-order valence-electron chi connectivity index (χ2n) is 5.15. The van der Waals surface area contributed by atoms with E-state index in [1.165, 1.54) is 0 Å². The Kier molecular flexibility index (Phi) is 6.36. The van der Waals surface area contributed by atoms with Crippen LogP contribution in [-0.4, -0.2) is 17.8 Å². The van der Waals surface area contributed by atoms with Crippen LogP contribution < -0.4 is 5.32 Å². The van der Waals surface area contributed by atoms with Gasteiger partial charge in [0, 0.05) is 21.9 Å². The van der Waals surface area contributed by atoms with Gasteiger partial charge in [0.15, 0.2) is 0 Å². The molecule has 0 bridgehead atoms. The zero-order valence-corrected chi connectivity index (χ0v) is 14.0. The number of carbonyl (C=O) groups is 1. The molecule has 0 atom stereocenters. The predicted molar refractivity (Wildman–Crippen MR) is 83.3 cm³/mol. The Bertz CT molecular complexity index is 405. The standard InChI is InChI=1S/C14H19Br2NO/c1-14(2,7-4-8-15)10-17-13(18)11-5-3-6-12(16)9-11/h3,5-6,9H,4,7-8,10H2,1-2H3,(H,17,18). The third-order valence-corrected chi connectivity index (χ3v) is 3.86. The van der Waals surface area contributed by atoms with Gasteiger partial charge in [-0.2, -0.15) is 0 Å². The highest BCUT2D eigenvalue weighted by atomic mass is 79.9. The number of hydrogen-bond donors (Lipinski definition) is 1. The number of halogens is 2. The molecule has 4 heteroatoms. The molecule has 18 heavy (non-hydrogen) atoms. The number of hydrogen-bond acceptors (Lipinski definition) is 1. The summed E-state index contributed by atoms with van der Waals surface area (Å²) in [6.45, 7) is 5.05. The molecule has 0 saturated carbocycles. The Hall–Kier alpha value is -0.350. The van der Waals surface area contributed by atoms with Crippen LogP contribution in [0.3, 0.4) is 0 Å². The molecule has 0 unspecified atom stereocenters. The summed E-state index contributed by atoms with van der Waals surface area (Å²) in [5, 5.41) is 4.01. The van der Waals surface area contributed by atoms with Crippen molar-refractivity contribution in [2.45, 2.75) is 26.7 Å². The van der Waals surface area contributed by atoms with Crippen molar-refractivity contribution in [3.05, 3.63) is 34.3 Å². The summed E-state index contributed by atoms with van der Waals surface area (Å²) >= 11 is 6.80. The van der Waals surface area contributed by atoms with Crippen molar-refractivity contribution in [2.24, 2.45) is 5.41 Å². The van der Waals surface area contributed by atoms with E-state index in [1.54, 1.807) is 0 Å². The highest BCUT2D eigenvalue weighted by molar-refractivity contribution is 9.10. The first-order chi connectivity index (χ1) is 8.44. The molecule has 0 heterocycles. The molecule has 0 spiro atoms. The number of nitrogens with one attached hydrogen (secondary N) is 1. The van der Waals surface area contributed by atoms with Crippen LogP contribution in [0.2, 0.25) is 0 Å². The van der Waals surface area contributed by atoms with Gasteiger partial charge >= 0.3 is 0 Å². The minimum Gasteiger partial charge on any atom is -0.352 e. The van der Waals surface area contributed by atoms with Gasteiger partial charge in [0.1, 0.15) is 0 Å². The summed E-state index contributed by atoms with van der Waals surface area (Å²) in [5.74, 6) is -0.0109. The molecule has 1 aromatic carbocycles. The normalized spacial score (nSPS) is 11.3. The first kappa shape index (κ1) is 15.7. The van der Waals surface area contributed by atoms with Crippen LogP contribution in [-0.2, 0) is 0 Å². The first-order valence-corrected chi connectivity index (χ1v) is 7.96. The van der Waals surface area contributed by atoms with Gasteiger partial charge in [-0.1, -0.05) is 51.8 Å². The molecule has 1 aromatic rings. The second-order valence-corrected chi connectivity index (χ2v) is 6.86. The molecule has 1 amide bonds. The van der Waals surface area contributed by atoms with E-state index in [-0.39, 0.29) is 11.3 Å². The van der Waals surface area contributed by atoms with E-state index in [9.17, 15) is 4.79 Å². The number of rotatable bonds is 6. The van der Waals surface area contributed by atoms with Crippen LogP contribution in [0.25, 0.3) is 0 Å². The lowest BCUT2D eigenvalue weighted by Crippen LogP contribution is -2.34. The maximum atomic E-state index is 12.0. The smallest absolute Gasteiger partial charge is 0.251 e. The Labute approximate surface area is 126 Å². The highest BCUT2D eigenvalue weighted by Crippen LogP contribution is 2.22. The molecule has 0 saturated heterocycles. The van der Waals surface area contributed by atoms with Crippen molar-refractivity contribution in [1.82, 2.24) is 5.32 Å². The largest absolute Gasteiger partial charge is 0.352 e. The van der Waals surface area contributed by atoms with Gasteiger partial charge in [0.05, 0.1) is 0 Å².